The maximum atomic E-state index is 12.4. The van der Waals surface area contributed by atoms with Gasteiger partial charge in [-0.05, 0) is 30.3 Å². The summed E-state index contributed by atoms with van der Waals surface area (Å²) < 4.78 is 15.0. The van der Waals surface area contributed by atoms with Crippen LogP contribution in [0.5, 0.6) is 11.5 Å². The lowest BCUT2D eigenvalue weighted by atomic mass is 10.1. The van der Waals surface area contributed by atoms with Crippen LogP contribution in [-0.4, -0.2) is 33.2 Å². The molecule has 2 aromatic carbocycles. The highest BCUT2D eigenvalue weighted by Gasteiger charge is 2.16. The predicted octanol–water partition coefficient (Wildman–Crippen LogP) is 3.40. The van der Waals surface area contributed by atoms with E-state index in [-0.39, 0.29) is 5.02 Å². The molecule has 2 rings (SSSR count). The average molecular weight is 350 g/mol. The van der Waals surface area contributed by atoms with Crippen molar-refractivity contribution in [3.63, 3.8) is 0 Å². The van der Waals surface area contributed by atoms with Gasteiger partial charge in [0.25, 0.3) is 5.91 Å². The van der Waals surface area contributed by atoms with E-state index in [0.717, 1.165) is 0 Å². The number of amides is 1. The molecule has 0 aliphatic heterocycles. The van der Waals surface area contributed by atoms with Crippen molar-refractivity contribution in [2.75, 3.05) is 26.6 Å². The van der Waals surface area contributed by atoms with Gasteiger partial charge >= 0.3 is 5.97 Å². The van der Waals surface area contributed by atoms with Crippen LogP contribution in [0.1, 0.15) is 20.7 Å². The summed E-state index contributed by atoms with van der Waals surface area (Å²) in [5, 5.41) is 2.95. The quantitative estimate of drug-likeness (QED) is 0.837. The Bertz CT molecular complexity index is 776. The first-order valence-electron chi connectivity index (χ1n) is 6.91. The van der Waals surface area contributed by atoms with Crippen molar-refractivity contribution in [3.05, 3.63) is 52.5 Å². The van der Waals surface area contributed by atoms with Crippen molar-refractivity contribution in [3.8, 4) is 11.5 Å². The van der Waals surface area contributed by atoms with E-state index < -0.39 is 11.9 Å². The van der Waals surface area contributed by atoms with Crippen LogP contribution in [0.2, 0.25) is 5.02 Å². The van der Waals surface area contributed by atoms with Crippen LogP contribution in [0.4, 0.5) is 5.69 Å². The molecule has 0 saturated carbocycles. The maximum absolute atomic E-state index is 12.4. The fraction of sp³-hybridized carbons (Fsp3) is 0.176. The molecule has 126 valence electrons. The molecule has 1 amide bonds. The second kappa shape index (κ2) is 7.70. The number of hydrogen-bond donors (Lipinski definition) is 1. The third-order valence-electron chi connectivity index (χ3n) is 3.24. The Morgan fingerprint density at radius 2 is 1.75 bits per heavy atom. The molecule has 0 aliphatic carbocycles. The molecule has 0 unspecified atom stereocenters. The molecule has 0 aromatic heterocycles. The highest BCUT2D eigenvalue weighted by molar-refractivity contribution is 6.32. The van der Waals surface area contributed by atoms with E-state index in [2.05, 4.69) is 10.1 Å². The van der Waals surface area contributed by atoms with E-state index in [9.17, 15) is 9.59 Å². The first-order chi connectivity index (χ1) is 11.5. The zero-order valence-corrected chi connectivity index (χ0v) is 14.1. The standard InChI is InChI=1S/C17H16ClNO5/c1-22-14-9-11(8-13(18)15(14)23-2)16(20)19-12-6-4-5-10(7-12)17(21)24-3/h4-9H,1-3H3,(H,19,20). The molecular weight excluding hydrogens is 334 g/mol. The topological polar surface area (TPSA) is 73.9 Å². The van der Waals surface area contributed by atoms with Crippen molar-refractivity contribution < 1.29 is 23.8 Å². The second-order valence-corrected chi connectivity index (χ2v) is 5.13. The molecule has 0 heterocycles. The molecule has 0 aliphatic rings. The maximum Gasteiger partial charge on any atom is 0.337 e. The van der Waals surface area contributed by atoms with Gasteiger partial charge in [0.2, 0.25) is 0 Å². The van der Waals surface area contributed by atoms with Crippen LogP contribution in [0.15, 0.2) is 36.4 Å². The minimum atomic E-state index is -0.486. The molecule has 24 heavy (non-hydrogen) atoms. The largest absolute Gasteiger partial charge is 0.493 e. The summed E-state index contributed by atoms with van der Waals surface area (Å²) in [5.74, 6) is -0.193. The van der Waals surface area contributed by atoms with Crippen molar-refractivity contribution in [2.24, 2.45) is 0 Å². The number of rotatable bonds is 5. The summed E-state index contributed by atoms with van der Waals surface area (Å²) in [5.41, 5.74) is 1.08. The molecule has 2 aromatic rings. The van der Waals surface area contributed by atoms with Crippen LogP contribution in [0, 0.1) is 0 Å². The fourth-order valence-electron chi connectivity index (χ4n) is 2.09. The van der Waals surface area contributed by atoms with Gasteiger partial charge in [0.15, 0.2) is 11.5 Å². The zero-order valence-electron chi connectivity index (χ0n) is 13.4. The predicted molar refractivity (Wildman–Crippen MR) is 90.3 cm³/mol. The van der Waals surface area contributed by atoms with E-state index in [4.69, 9.17) is 21.1 Å². The van der Waals surface area contributed by atoms with Crippen LogP contribution in [0.25, 0.3) is 0 Å². The Balaban J connectivity index is 2.27. The molecular formula is C17H16ClNO5. The molecule has 0 fully saturated rings. The van der Waals surface area contributed by atoms with Gasteiger partial charge in [0.05, 0.1) is 31.9 Å². The summed E-state index contributed by atoms with van der Waals surface area (Å²) in [6.45, 7) is 0. The van der Waals surface area contributed by atoms with Crippen molar-refractivity contribution in [1.82, 2.24) is 0 Å². The van der Waals surface area contributed by atoms with Gasteiger partial charge in [-0.1, -0.05) is 17.7 Å². The van der Waals surface area contributed by atoms with Crippen LogP contribution in [-0.2, 0) is 4.74 Å². The van der Waals surface area contributed by atoms with Gasteiger partial charge in [-0.25, -0.2) is 4.79 Å². The Morgan fingerprint density at radius 1 is 1.00 bits per heavy atom. The first-order valence-corrected chi connectivity index (χ1v) is 7.29. The highest BCUT2D eigenvalue weighted by Crippen LogP contribution is 2.36. The molecule has 7 heteroatoms. The normalized spacial score (nSPS) is 10.0. The summed E-state index contributed by atoms with van der Waals surface area (Å²) in [4.78, 5) is 23.9. The molecule has 0 bridgehead atoms. The zero-order chi connectivity index (χ0) is 17.7. The van der Waals surface area contributed by atoms with E-state index in [0.29, 0.717) is 28.3 Å². The molecule has 0 atom stereocenters. The Kier molecular flexibility index (Phi) is 5.65. The average Bonchev–Trinajstić information content (AvgIpc) is 2.60. The molecule has 0 saturated heterocycles. The van der Waals surface area contributed by atoms with Crippen LogP contribution >= 0.6 is 11.6 Å². The van der Waals surface area contributed by atoms with Crippen LogP contribution < -0.4 is 14.8 Å². The van der Waals surface area contributed by atoms with E-state index in [1.807, 2.05) is 0 Å². The highest BCUT2D eigenvalue weighted by atomic mass is 35.5. The van der Waals surface area contributed by atoms with Gasteiger partial charge in [-0.2, -0.15) is 0 Å². The SMILES string of the molecule is COC(=O)c1cccc(NC(=O)c2cc(Cl)c(OC)c(OC)c2)c1. The number of carbonyl (C=O) groups excluding carboxylic acids is 2. The molecule has 0 radical (unpaired) electrons. The first kappa shape index (κ1) is 17.6. The monoisotopic (exact) mass is 349 g/mol. The Morgan fingerprint density at radius 3 is 2.38 bits per heavy atom. The summed E-state index contributed by atoms with van der Waals surface area (Å²) in [7, 11) is 4.21. The number of esters is 1. The second-order valence-electron chi connectivity index (χ2n) is 4.72. The lowest BCUT2D eigenvalue weighted by Crippen LogP contribution is -2.13. The Hall–Kier alpha value is -2.73. The molecule has 1 N–H and O–H groups in total. The number of halogens is 1. The van der Waals surface area contributed by atoms with Crippen molar-refractivity contribution in [2.45, 2.75) is 0 Å². The fourth-order valence-corrected chi connectivity index (χ4v) is 2.38. The van der Waals surface area contributed by atoms with Gasteiger partial charge in [-0.3, -0.25) is 4.79 Å². The number of carbonyl (C=O) groups is 2. The van der Waals surface area contributed by atoms with E-state index >= 15 is 0 Å². The van der Waals surface area contributed by atoms with E-state index in [1.165, 1.54) is 39.5 Å². The Labute approximate surface area is 144 Å². The number of hydrogen-bond acceptors (Lipinski definition) is 5. The van der Waals surface area contributed by atoms with Crippen LogP contribution in [0.3, 0.4) is 0 Å². The summed E-state index contributed by atoms with van der Waals surface area (Å²) >= 11 is 6.10. The smallest absolute Gasteiger partial charge is 0.337 e. The summed E-state index contributed by atoms with van der Waals surface area (Å²) in [6.07, 6.45) is 0. The minimum Gasteiger partial charge on any atom is -0.493 e. The van der Waals surface area contributed by atoms with Gasteiger partial charge < -0.3 is 19.5 Å². The third-order valence-corrected chi connectivity index (χ3v) is 3.52. The van der Waals surface area contributed by atoms with Gasteiger partial charge in [-0.15, -0.1) is 0 Å². The van der Waals surface area contributed by atoms with Gasteiger partial charge in [0.1, 0.15) is 0 Å². The summed E-state index contributed by atoms with van der Waals surface area (Å²) in [6, 6.07) is 9.41. The number of nitrogens with one attached hydrogen (secondary N) is 1. The van der Waals surface area contributed by atoms with Gasteiger partial charge in [0, 0.05) is 11.3 Å². The number of methoxy groups -OCH3 is 3. The minimum absolute atomic E-state index is 0.255. The number of anilines is 1. The lowest BCUT2D eigenvalue weighted by Gasteiger charge is -2.12. The molecule has 0 spiro atoms. The van der Waals surface area contributed by atoms with Crippen molar-refractivity contribution >= 4 is 29.2 Å². The number of benzene rings is 2. The number of ether oxygens (including phenoxy) is 3. The molecule has 6 nitrogen and oxygen atoms in total. The van der Waals surface area contributed by atoms with E-state index in [1.54, 1.807) is 18.2 Å². The lowest BCUT2D eigenvalue weighted by molar-refractivity contribution is 0.0600. The third kappa shape index (κ3) is 3.78. The van der Waals surface area contributed by atoms with Crippen molar-refractivity contribution in [1.29, 1.82) is 0 Å².